The molecule has 66 valence electrons. The average molecular weight is 235 g/mol. The van der Waals surface area contributed by atoms with Crippen LogP contribution in [0.25, 0.3) is 0 Å². The van der Waals surface area contributed by atoms with Crippen molar-refractivity contribution in [3.63, 3.8) is 0 Å². The molecule has 0 radical (unpaired) electrons. The van der Waals surface area contributed by atoms with Gasteiger partial charge in [0.15, 0.2) is 11.6 Å². The van der Waals surface area contributed by atoms with E-state index in [9.17, 15) is 4.39 Å². The van der Waals surface area contributed by atoms with E-state index in [0.717, 1.165) is 0 Å². The Hall–Kier alpha value is -0.610. The van der Waals surface area contributed by atoms with Crippen molar-refractivity contribution in [1.82, 2.24) is 0 Å². The summed E-state index contributed by atoms with van der Waals surface area (Å²) >= 11 is 3.18. The molecule has 4 heteroatoms. The lowest BCUT2D eigenvalue weighted by Crippen LogP contribution is -1.96. The zero-order valence-electron chi connectivity index (χ0n) is 6.47. The van der Waals surface area contributed by atoms with Gasteiger partial charge in [-0.05, 0) is 12.1 Å². The highest BCUT2D eigenvalue weighted by atomic mass is 79.9. The van der Waals surface area contributed by atoms with E-state index in [4.69, 9.17) is 9.84 Å². The molecule has 0 heterocycles. The van der Waals surface area contributed by atoms with Crippen molar-refractivity contribution >= 4 is 15.9 Å². The molecule has 1 rings (SSSR count). The molecule has 0 bridgehead atoms. The first-order valence-electron chi connectivity index (χ1n) is 3.32. The molecule has 0 aromatic heterocycles. The molecular formula is C8H8BrFO2. The van der Waals surface area contributed by atoms with Crippen molar-refractivity contribution in [2.45, 2.75) is 6.61 Å². The maximum atomic E-state index is 13.0. The van der Waals surface area contributed by atoms with Gasteiger partial charge in [-0.1, -0.05) is 15.9 Å². The number of methoxy groups -OCH3 is 1. The Bertz CT molecular complexity index is 260. The van der Waals surface area contributed by atoms with Crippen LogP contribution in [0.1, 0.15) is 5.56 Å². The Labute approximate surface area is 78.1 Å². The number of hydrogen-bond acceptors (Lipinski definition) is 2. The van der Waals surface area contributed by atoms with E-state index in [1.165, 1.54) is 19.2 Å². The van der Waals surface area contributed by atoms with Crippen LogP contribution >= 0.6 is 15.9 Å². The summed E-state index contributed by atoms with van der Waals surface area (Å²) < 4.78 is 18.4. The fourth-order valence-electron chi connectivity index (χ4n) is 0.943. The average Bonchev–Trinajstić information content (AvgIpc) is 2.08. The third-order valence-corrected chi connectivity index (χ3v) is 2.26. The van der Waals surface area contributed by atoms with Crippen molar-refractivity contribution in [2.75, 3.05) is 7.11 Å². The molecular weight excluding hydrogens is 227 g/mol. The smallest absolute Gasteiger partial charge is 0.165 e. The van der Waals surface area contributed by atoms with E-state index in [1.807, 2.05) is 0 Å². The number of benzene rings is 1. The van der Waals surface area contributed by atoms with Gasteiger partial charge < -0.3 is 9.84 Å². The molecule has 0 fully saturated rings. The number of rotatable bonds is 2. The molecule has 2 nitrogen and oxygen atoms in total. The third-order valence-electron chi connectivity index (χ3n) is 1.52. The molecule has 0 unspecified atom stereocenters. The maximum absolute atomic E-state index is 13.0. The van der Waals surface area contributed by atoms with Gasteiger partial charge in [-0.2, -0.15) is 0 Å². The largest absolute Gasteiger partial charge is 0.493 e. The molecule has 1 aromatic rings. The van der Waals surface area contributed by atoms with Crippen LogP contribution in [0.4, 0.5) is 4.39 Å². The molecule has 0 saturated heterocycles. The van der Waals surface area contributed by atoms with Crippen LogP contribution in [0, 0.1) is 5.82 Å². The fraction of sp³-hybridized carbons (Fsp3) is 0.250. The zero-order chi connectivity index (χ0) is 9.14. The van der Waals surface area contributed by atoms with Gasteiger partial charge in [0.2, 0.25) is 0 Å². The number of aliphatic hydroxyl groups excluding tert-OH is 1. The lowest BCUT2D eigenvalue weighted by atomic mass is 10.2. The molecule has 0 saturated carbocycles. The lowest BCUT2D eigenvalue weighted by Gasteiger charge is -2.08. The van der Waals surface area contributed by atoms with E-state index in [2.05, 4.69) is 15.9 Å². The predicted octanol–water partition coefficient (Wildman–Crippen LogP) is 2.09. The second-order valence-electron chi connectivity index (χ2n) is 2.20. The molecule has 0 aliphatic carbocycles. The van der Waals surface area contributed by atoms with E-state index in [-0.39, 0.29) is 12.4 Å². The molecule has 0 aliphatic rings. The minimum atomic E-state index is -0.468. The summed E-state index contributed by atoms with van der Waals surface area (Å²) in [6.45, 7) is -0.248. The normalized spacial score (nSPS) is 10.0. The SMILES string of the molecule is COc1c(F)ccc(Br)c1CO. The fourth-order valence-corrected chi connectivity index (χ4v) is 1.38. The van der Waals surface area contributed by atoms with Crippen LogP contribution in [0.15, 0.2) is 16.6 Å². The first-order valence-corrected chi connectivity index (χ1v) is 4.11. The Morgan fingerprint density at radius 1 is 1.58 bits per heavy atom. The predicted molar refractivity (Wildman–Crippen MR) is 46.6 cm³/mol. The third kappa shape index (κ3) is 1.59. The van der Waals surface area contributed by atoms with Gasteiger partial charge in [0, 0.05) is 10.0 Å². The topological polar surface area (TPSA) is 29.5 Å². The number of ether oxygens (including phenoxy) is 1. The van der Waals surface area contributed by atoms with Crippen molar-refractivity contribution in [1.29, 1.82) is 0 Å². The second-order valence-corrected chi connectivity index (χ2v) is 3.05. The quantitative estimate of drug-likeness (QED) is 0.850. The van der Waals surface area contributed by atoms with Crippen LogP contribution < -0.4 is 4.74 Å². The molecule has 0 atom stereocenters. The van der Waals surface area contributed by atoms with Gasteiger partial charge in [0.25, 0.3) is 0 Å². The van der Waals surface area contributed by atoms with Crippen molar-refractivity contribution < 1.29 is 14.2 Å². The first-order chi connectivity index (χ1) is 5.70. The van der Waals surface area contributed by atoms with Crippen LogP contribution in [0.5, 0.6) is 5.75 Å². The number of aliphatic hydroxyl groups is 1. The van der Waals surface area contributed by atoms with Crippen LogP contribution in [0.2, 0.25) is 0 Å². The second kappa shape index (κ2) is 3.87. The number of hydrogen-bond donors (Lipinski definition) is 1. The van der Waals surface area contributed by atoms with Gasteiger partial charge >= 0.3 is 0 Å². The van der Waals surface area contributed by atoms with Gasteiger partial charge in [0.1, 0.15) is 0 Å². The summed E-state index contributed by atoms with van der Waals surface area (Å²) in [4.78, 5) is 0. The van der Waals surface area contributed by atoms with E-state index < -0.39 is 5.82 Å². The highest BCUT2D eigenvalue weighted by molar-refractivity contribution is 9.10. The van der Waals surface area contributed by atoms with E-state index in [0.29, 0.717) is 10.0 Å². The monoisotopic (exact) mass is 234 g/mol. The van der Waals surface area contributed by atoms with Gasteiger partial charge in [-0.25, -0.2) is 4.39 Å². The van der Waals surface area contributed by atoms with Gasteiger partial charge in [0.05, 0.1) is 13.7 Å². The maximum Gasteiger partial charge on any atom is 0.165 e. The van der Waals surface area contributed by atoms with Gasteiger partial charge in [-0.3, -0.25) is 0 Å². The Balaban J connectivity index is 3.28. The Morgan fingerprint density at radius 2 is 2.25 bits per heavy atom. The first kappa shape index (κ1) is 9.48. The molecule has 12 heavy (non-hydrogen) atoms. The van der Waals surface area contributed by atoms with Crippen molar-refractivity contribution in [2.24, 2.45) is 0 Å². The highest BCUT2D eigenvalue weighted by Gasteiger charge is 2.11. The minimum Gasteiger partial charge on any atom is -0.493 e. The van der Waals surface area contributed by atoms with Crippen LogP contribution in [-0.2, 0) is 6.61 Å². The van der Waals surface area contributed by atoms with Crippen molar-refractivity contribution in [3.8, 4) is 5.75 Å². The summed E-state index contributed by atoms with van der Waals surface area (Å²) in [5, 5.41) is 8.88. The van der Waals surface area contributed by atoms with Crippen molar-refractivity contribution in [3.05, 3.63) is 28.0 Å². The van der Waals surface area contributed by atoms with E-state index >= 15 is 0 Å². The molecule has 1 aromatic carbocycles. The summed E-state index contributed by atoms with van der Waals surface area (Å²) in [5.74, 6) is -0.378. The minimum absolute atomic E-state index is 0.0897. The molecule has 0 amide bonds. The Morgan fingerprint density at radius 3 is 2.67 bits per heavy atom. The molecule has 0 spiro atoms. The standard InChI is InChI=1S/C8H8BrFO2/c1-12-8-5(4-11)6(9)2-3-7(8)10/h2-3,11H,4H2,1H3. The summed E-state index contributed by atoms with van der Waals surface area (Å²) in [6, 6.07) is 2.81. The zero-order valence-corrected chi connectivity index (χ0v) is 8.06. The summed E-state index contributed by atoms with van der Waals surface area (Å²) in [5.41, 5.74) is 0.428. The van der Waals surface area contributed by atoms with Crippen LogP contribution in [0.3, 0.4) is 0 Å². The molecule has 0 aliphatic heterocycles. The summed E-state index contributed by atoms with van der Waals surface area (Å²) in [7, 11) is 1.37. The highest BCUT2D eigenvalue weighted by Crippen LogP contribution is 2.29. The lowest BCUT2D eigenvalue weighted by molar-refractivity contribution is 0.270. The van der Waals surface area contributed by atoms with Crippen LogP contribution in [-0.4, -0.2) is 12.2 Å². The molecule has 1 N–H and O–H groups in total. The number of halogens is 2. The Kier molecular flexibility index (Phi) is 3.05. The van der Waals surface area contributed by atoms with E-state index in [1.54, 1.807) is 0 Å². The van der Waals surface area contributed by atoms with Gasteiger partial charge in [-0.15, -0.1) is 0 Å². The summed E-state index contributed by atoms with van der Waals surface area (Å²) in [6.07, 6.45) is 0.